The van der Waals surface area contributed by atoms with Gasteiger partial charge in [-0.2, -0.15) is 13.2 Å². The predicted molar refractivity (Wildman–Crippen MR) is 86.4 cm³/mol. The van der Waals surface area contributed by atoms with Crippen LogP contribution in [0.5, 0.6) is 0 Å². The molecule has 0 spiro atoms. The number of nitrogens with zero attached hydrogens (tertiary/aromatic N) is 2. The van der Waals surface area contributed by atoms with Crippen molar-refractivity contribution in [1.82, 2.24) is 9.55 Å². The minimum atomic E-state index is -4.62. The smallest absolute Gasteiger partial charge is 0.321 e. The SMILES string of the molecule is Cn1c(=O)c(C(=O)Nc2ccccc2C(F)(F)F)cc2cccnc21. The van der Waals surface area contributed by atoms with Gasteiger partial charge in [-0.3, -0.25) is 14.2 Å². The van der Waals surface area contributed by atoms with Gasteiger partial charge in [0.15, 0.2) is 0 Å². The number of nitrogens with one attached hydrogen (secondary N) is 1. The van der Waals surface area contributed by atoms with E-state index in [1.165, 1.54) is 36.0 Å². The maximum atomic E-state index is 13.0. The van der Waals surface area contributed by atoms with Crippen LogP contribution in [0.2, 0.25) is 0 Å². The zero-order chi connectivity index (χ0) is 18.2. The number of anilines is 1. The van der Waals surface area contributed by atoms with Gasteiger partial charge in [-0.1, -0.05) is 12.1 Å². The molecule has 25 heavy (non-hydrogen) atoms. The van der Waals surface area contributed by atoms with E-state index < -0.39 is 28.9 Å². The second-order valence-corrected chi connectivity index (χ2v) is 5.34. The summed E-state index contributed by atoms with van der Waals surface area (Å²) in [6, 6.07) is 9.18. The lowest BCUT2D eigenvalue weighted by Gasteiger charge is -2.14. The molecule has 5 nitrogen and oxygen atoms in total. The molecular formula is C17H12F3N3O2. The third-order valence-corrected chi connectivity index (χ3v) is 3.69. The lowest BCUT2D eigenvalue weighted by Crippen LogP contribution is -2.28. The average Bonchev–Trinajstić information content (AvgIpc) is 2.57. The normalized spacial score (nSPS) is 11.5. The predicted octanol–water partition coefficient (Wildman–Crippen LogP) is 3.20. The molecule has 0 aliphatic heterocycles. The van der Waals surface area contributed by atoms with E-state index in [-0.39, 0.29) is 5.56 Å². The van der Waals surface area contributed by atoms with E-state index in [1.807, 2.05) is 0 Å². The molecule has 0 saturated heterocycles. The molecule has 1 N–H and O–H groups in total. The van der Waals surface area contributed by atoms with E-state index in [0.717, 1.165) is 12.1 Å². The minimum Gasteiger partial charge on any atom is -0.321 e. The Morgan fingerprint density at radius 1 is 1.16 bits per heavy atom. The lowest BCUT2D eigenvalue weighted by molar-refractivity contribution is -0.136. The lowest BCUT2D eigenvalue weighted by atomic mass is 10.1. The highest BCUT2D eigenvalue weighted by molar-refractivity contribution is 6.06. The fourth-order valence-corrected chi connectivity index (χ4v) is 2.49. The molecule has 128 valence electrons. The summed E-state index contributed by atoms with van der Waals surface area (Å²) in [5.41, 5.74) is -1.93. The van der Waals surface area contributed by atoms with Gasteiger partial charge in [0.2, 0.25) is 0 Å². The quantitative estimate of drug-likeness (QED) is 0.774. The van der Waals surface area contributed by atoms with Crippen molar-refractivity contribution >= 4 is 22.6 Å². The van der Waals surface area contributed by atoms with Crippen LogP contribution in [0.3, 0.4) is 0 Å². The Balaban J connectivity index is 2.05. The first-order chi connectivity index (χ1) is 11.8. The number of benzene rings is 1. The van der Waals surface area contributed by atoms with Gasteiger partial charge in [0.25, 0.3) is 11.5 Å². The fourth-order valence-electron chi connectivity index (χ4n) is 2.49. The van der Waals surface area contributed by atoms with Gasteiger partial charge in [-0.05, 0) is 30.3 Å². The van der Waals surface area contributed by atoms with E-state index in [2.05, 4.69) is 10.3 Å². The number of fused-ring (bicyclic) bond motifs is 1. The van der Waals surface area contributed by atoms with Gasteiger partial charge in [0, 0.05) is 18.6 Å². The van der Waals surface area contributed by atoms with Crippen molar-refractivity contribution < 1.29 is 18.0 Å². The summed E-state index contributed by atoms with van der Waals surface area (Å²) in [7, 11) is 1.44. The van der Waals surface area contributed by atoms with E-state index >= 15 is 0 Å². The van der Waals surface area contributed by atoms with Crippen LogP contribution in [-0.2, 0) is 13.2 Å². The number of hydrogen-bond donors (Lipinski definition) is 1. The van der Waals surface area contributed by atoms with Gasteiger partial charge in [-0.25, -0.2) is 4.98 Å². The highest BCUT2D eigenvalue weighted by Crippen LogP contribution is 2.34. The number of aromatic nitrogens is 2. The molecule has 0 atom stereocenters. The maximum absolute atomic E-state index is 13.0. The number of rotatable bonds is 2. The molecule has 2 aromatic heterocycles. The van der Waals surface area contributed by atoms with E-state index in [0.29, 0.717) is 11.0 Å². The van der Waals surface area contributed by atoms with Crippen molar-refractivity contribution in [3.05, 3.63) is 70.1 Å². The van der Waals surface area contributed by atoms with Crippen LogP contribution in [0.1, 0.15) is 15.9 Å². The number of amides is 1. The number of aryl methyl sites for hydroxylation is 1. The zero-order valence-electron chi connectivity index (χ0n) is 13.0. The summed E-state index contributed by atoms with van der Waals surface area (Å²) in [6.07, 6.45) is -3.12. The van der Waals surface area contributed by atoms with Crippen LogP contribution in [0.25, 0.3) is 11.0 Å². The van der Waals surface area contributed by atoms with Crippen LogP contribution in [0, 0.1) is 0 Å². The monoisotopic (exact) mass is 347 g/mol. The Morgan fingerprint density at radius 2 is 1.88 bits per heavy atom. The molecule has 0 bridgehead atoms. The molecule has 3 aromatic rings. The third-order valence-electron chi connectivity index (χ3n) is 3.69. The molecule has 1 amide bonds. The first kappa shape index (κ1) is 16.7. The Labute approximate surface area is 139 Å². The number of para-hydroxylation sites is 1. The van der Waals surface area contributed by atoms with Crippen LogP contribution >= 0.6 is 0 Å². The number of carbonyl (C=O) groups is 1. The average molecular weight is 347 g/mol. The van der Waals surface area contributed by atoms with Gasteiger partial charge < -0.3 is 5.32 Å². The number of hydrogen-bond acceptors (Lipinski definition) is 3. The van der Waals surface area contributed by atoms with Crippen LogP contribution in [0.15, 0.2) is 53.5 Å². The van der Waals surface area contributed by atoms with Gasteiger partial charge in [0.1, 0.15) is 11.2 Å². The zero-order valence-corrected chi connectivity index (χ0v) is 13.0. The summed E-state index contributed by atoms with van der Waals surface area (Å²) in [4.78, 5) is 28.8. The second-order valence-electron chi connectivity index (χ2n) is 5.34. The maximum Gasteiger partial charge on any atom is 0.418 e. The van der Waals surface area contributed by atoms with Crippen molar-refractivity contribution in [1.29, 1.82) is 0 Å². The summed E-state index contributed by atoms with van der Waals surface area (Å²) in [6.45, 7) is 0. The number of carbonyl (C=O) groups excluding carboxylic acids is 1. The van der Waals surface area contributed by atoms with Crippen LogP contribution in [0.4, 0.5) is 18.9 Å². The third kappa shape index (κ3) is 3.10. The molecule has 0 aliphatic rings. The summed E-state index contributed by atoms with van der Waals surface area (Å²) >= 11 is 0. The van der Waals surface area contributed by atoms with Crippen molar-refractivity contribution in [3.8, 4) is 0 Å². The Morgan fingerprint density at radius 3 is 2.60 bits per heavy atom. The largest absolute Gasteiger partial charge is 0.418 e. The molecule has 3 rings (SSSR count). The van der Waals surface area contributed by atoms with E-state index in [1.54, 1.807) is 12.1 Å². The van der Waals surface area contributed by atoms with E-state index in [9.17, 15) is 22.8 Å². The standard InChI is InChI=1S/C17H12F3N3O2/c1-23-14-10(5-4-8-21-14)9-11(16(23)25)15(24)22-13-7-3-2-6-12(13)17(18,19)20/h2-9H,1H3,(H,22,24). The number of pyridine rings is 2. The molecule has 0 fully saturated rings. The number of alkyl halides is 3. The minimum absolute atomic E-state index is 0.264. The molecule has 8 heteroatoms. The molecule has 0 saturated carbocycles. The Kier molecular flexibility index (Phi) is 4.03. The van der Waals surface area contributed by atoms with Crippen molar-refractivity contribution in [2.24, 2.45) is 7.05 Å². The topological polar surface area (TPSA) is 64.0 Å². The highest BCUT2D eigenvalue weighted by atomic mass is 19.4. The second kappa shape index (κ2) is 6.04. The molecule has 0 unspecified atom stereocenters. The van der Waals surface area contributed by atoms with Gasteiger partial charge in [0.05, 0.1) is 11.3 Å². The van der Waals surface area contributed by atoms with Crippen molar-refractivity contribution in [2.45, 2.75) is 6.18 Å². The number of halogens is 3. The Bertz CT molecular complexity index is 1030. The molecule has 0 aliphatic carbocycles. The molecular weight excluding hydrogens is 335 g/mol. The van der Waals surface area contributed by atoms with Crippen molar-refractivity contribution in [2.75, 3.05) is 5.32 Å². The fraction of sp³-hybridized carbons (Fsp3) is 0.118. The van der Waals surface area contributed by atoms with Crippen LogP contribution < -0.4 is 10.9 Å². The highest BCUT2D eigenvalue weighted by Gasteiger charge is 2.33. The first-order valence-corrected chi connectivity index (χ1v) is 7.21. The van der Waals surface area contributed by atoms with Crippen LogP contribution in [-0.4, -0.2) is 15.5 Å². The first-order valence-electron chi connectivity index (χ1n) is 7.21. The summed E-state index contributed by atoms with van der Waals surface area (Å²) in [5.74, 6) is -0.914. The Hall–Kier alpha value is -3.16. The molecule has 0 radical (unpaired) electrons. The summed E-state index contributed by atoms with van der Waals surface area (Å²) in [5, 5.41) is 2.70. The molecule has 2 heterocycles. The van der Waals surface area contributed by atoms with Gasteiger partial charge in [-0.15, -0.1) is 0 Å². The van der Waals surface area contributed by atoms with Gasteiger partial charge >= 0.3 is 6.18 Å². The summed E-state index contributed by atoms with van der Waals surface area (Å²) < 4.78 is 40.3. The molecule has 1 aromatic carbocycles. The van der Waals surface area contributed by atoms with E-state index in [4.69, 9.17) is 0 Å². The van der Waals surface area contributed by atoms with Crippen molar-refractivity contribution in [3.63, 3.8) is 0 Å².